The number of rotatable bonds is 5. The first-order chi connectivity index (χ1) is 8.38. The third kappa shape index (κ3) is 4.54. The second-order valence-corrected chi connectivity index (χ2v) is 5.11. The van der Waals surface area contributed by atoms with Crippen LogP contribution in [-0.4, -0.2) is 63.5 Å². The lowest BCUT2D eigenvalue weighted by Gasteiger charge is -2.30. The van der Waals surface area contributed by atoms with Gasteiger partial charge in [-0.2, -0.15) is 0 Å². The molecule has 0 aromatic rings. The molecule has 0 aromatic carbocycles. The van der Waals surface area contributed by atoms with Crippen LogP contribution in [0, 0.1) is 0 Å². The number of hydrogen-bond donors (Lipinski definition) is 1. The molecule has 0 amide bonds. The van der Waals surface area contributed by atoms with Crippen LogP contribution in [0.5, 0.6) is 0 Å². The third-order valence-electron chi connectivity index (χ3n) is 3.88. The first kappa shape index (κ1) is 13.3. The highest BCUT2D eigenvalue weighted by molar-refractivity contribution is 4.74. The van der Waals surface area contributed by atoms with Gasteiger partial charge in [-0.25, -0.2) is 0 Å². The van der Waals surface area contributed by atoms with Gasteiger partial charge in [0.15, 0.2) is 0 Å². The zero-order valence-electron chi connectivity index (χ0n) is 11.0. The summed E-state index contributed by atoms with van der Waals surface area (Å²) >= 11 is 0. The van der Waals surface area contributed by atoms with E-state index in [2.05, 4.69) is 10.2 Å². The highest BCUT2D eigenvalue weighted by Crippen LogP contribution is 2.22. The molecule has 2 rings (SSSR count). The molecule has 2 aliphatic rings. The Morgan fingerprint density at radius 3 is 2.71 bits per heavy atom. The largest absolute Gasteiger partial charge is 0.381 e. The predicted octanol–water partition coefficient (Wildman–Crippen LogP) is 0.866. The van der Waals surface area contributed by atoms with Crippen LogP contribution >= 0.6 is 0 Å². The molecule has 0 bridgehead atoms. The molecule has 2 unspecified atom stereocenters. The molecule has 0 radical (unpaired) electrons. The minimum atomic E-state index is 0.424. The van der Waals surface area contributed by atoms with Crippen molar-refractivity contribution in [1.29, 1.82) is 0 Å². The summed E-state index contributed by atoms with van der Waals surface area (Å²) in [6, 6.07) is 0. The van der Waals surface area contributed by atoms with Crippen molar-refractivity contribution in [2.45, 2.75) is 37.9 Å². The van der Waals surface area contributed by atoms with E-state index < -0.39 is 0 Å². The average Bonchev–Trinajstić information content (AvgIpc) is 2.40. The van der Waals surface area contributed by atoms with Crippen LogP contribution in [0.2, 0.25) is 0 Å². The Morgan fingerprint density at radius 2 is 1.94 bits per heavy atom. The molecule has 2 fully saturated rings. The summed E-state index contributed by atoms with van der Waals surface area (Å²) < 4.78 is 11.4. The fourth-order valence-electron chi connectivity index (χ4n) is 2.75. The Balaban J connectivity index is 1.57. The van der Waals surface area contributed by atoms with E-state index in [9.17, 15) is 0 Å². The molecular weight excluding hydrogens is 216 g/mol. The summed E-state index contributed by atoms with van der Waals surface area (Å²) in [7, 11) is 1.81. The normalized spacial score (nSPS) is 31.6. The second-order valence-electron chi connectivity index (χ2n) is 5.11. The average molecular weight is 242 g/mol. The summed E-state index contributed by atoms with van der Waals surface area (Å²) in [4.78, 5) is 2.48. The van der Waals surface area contributed by atoms with Crippen molar-refractivity contribution in [3.05, 3.63) is 0 Å². The van der Waals surface area contributed by atoms with Gasteiger partial charge >= 0.3 is 0 Å². The van der Waals surface area contributed by atoms with E-state index in [0.29, 0.717) is 12.2 Å². The first-order valence-corrected chi connectivity index (χ1v) is 6.96. The maximum absolute atomic E-state index is 5.98. The minimum Gasteiger partial charge on any atom is -0.381 e. The van der Waals surface area contributed by atoms with E-state index >= 15 is 0 Å². The highest BCUT2D eigenvalue weighted by Gasteiger charge is 2.22. The Kier molecular flexibility index (Phi) is 5.71. The molecule has 1 heterocycles. The van der Waals surface area contributed by atoms with Gasteiger partial charge in [0.2, 0.25) is 0 Å². The SMILES string of the molecule is COC1CCCC(OCCN2CCNCC2)C1. The van der Waals surface area contributed by atoms with E-state index in [0.717, 1.165) is 45.8 Å². The van der Waals surface area contributed by atoms with Crippen molar-refractivity contribution in [2.75, 3.05) is 46.4 Å². The Morgan fingerprint density at radius 1 is 1.18 bits per heavy atom. The van der Waals surface area contributed by atoms with Crippen molar-refractivity contribution in [3.63, 3.8) is 0 Å². The fraction of sp³-hybridized carbons (Fsp3) is 1.00. The van der Waals surface area contributed by atoms with Crippen LogP contribution in [0.3, 0.4) is 0 Å². The number of nitrogens with one attached hydrogen (secondary N) is 1. The number of ether oxygens (including phenoxy) is 2. The molecule has 1 N–H and O–H groups in total. The van der Waals surface area contributed by atoms with E-state index in [1.165, 1.54) is 19.3 Å². The molecule has 1 aliphatic heterocycles. The van der Waals surface area contributed by atoms with E-state index in [-0.39, 0.29) is 0 Å². The van der Waals surface area contributed by atoms with Gasteiger partial charge in [0, 0.05) is 39.8 Å². The first-order valence-electron chi connectivity index (χ1n) is 6.96. The Bertz CT molecular complexity index is 208. The lowest BCUT2D eigenvalue weighted by molar-refractivity contribution is -0.0348. The molecular formula is C13H26N2O2. The maximum atomic E-state index is 5.98. The van der Waals surface area contributed by atoms with Crippen LogP contribution < -0.4 is 5.32 Å². The van der Waals surface area contributed by atoms with E-state index in [4.69, 9.17) is 9.47 Å². The lowest BCUT2D eigenvalue weighted by atomic mass is 9.95. The highest BCUT2D eigenvalue weighted by atomic mass is 16.5. The van der Waals surface area contributed by atoms with Crippen molar-refractivity contribution < 1.29 is 9.47 Å². The monoisotopic (exact) mass is 242 g/mol. The number of methoxy groups -OCH3 is 1. The molecule has 0 spiro atoms. The van der Waals surface area contributed by atoms with Gasteiger partial charge in [-0.1, -0.05) is 0 Å². The summed E-state index contributed by atoms with van der Waals surface area (Å²) in [5, 5.41) is 3.37. The van der Waals surface area contributed by atoms with Crippen LogP contribution in [-0.2, 0) is 9.47 Å². The lowest BCUT2D eigenvalue weighted by Crippen LogP contribution is -2.45. The maximum Gasteiger partial charge on any atom is 0.0600 e. The zero-order valence-corrected chi connectivity index (χ0v) is 11.0. The molecule has 1 saturated carbocycles. The topological polar surface area (TPSA) is 33.7 Å². The molecule has 4 nitrogen and oxygen atoms in total. The van der Waals surface area contributed by atoms with Gasteiger partial charge in [0.1, 0.15) is 0 Å². The molecule has 1 saturated heterocycles. The van der Waals surface area contributed by atoms with E-state index in [1.54, 1.807) is 0 Å². The summed E-state index contributed by atoms with van der Waals surface area (Å²) in [5.74, 6) is 0. The smallest absolute Gasteiger partial charge is 0.0600 e. The predicted molar refractivity (Wildman–Crippen MR) is 68.3 cm³/mol. The third-order valence-corrected chi connectivity index (χ3v) is 3.88. The molecule has 2 atom stereocenters. The summed E-state index contributed by atoms with van der Waals surface area (Å²) in [6.07, 6.45) is 5.59. The molecule has 4 heteroatoms. The summed E-state index contributed by atoms with van der Waals surface area (Å²) in [6.45, 7) is 6.52. The van der Waals surface area contributed by atoms with Crippen LogP contribution in [0.4, 0.5) is 0 Å². The van der Waals surface area contributed by atoms with Gasteiger partial charge in [-0.15, -0.1) is 0 Å². The zero-order chi connectivity index (χ0) is 11.9. The van der Waals surface area contributed by atoms with Crippen molar-refractivity contribution in [2.24, 2.45) is 0 Å². The van der Waals surface area contributed by atoms with Gasteiger partial charge in [0.25, 0.3) is 0 Å². The number of nitrogens with zero attached hydrogens (tertiary/aromatic N) is 1. The van der Waals surface area contributed by atoms with Crippen LogP contribution in [0.1, 0.15) is 25.7 Å². The molecule has 0 aromatic heterocycles. The van der Waals surface area contributed by atoms with Crippen LogP contribution in [0.25, 0.3) is 0 Å². The Labute approximate surface area is 105 Å². The van der Waals surface area contributed by atoms with Gasteiger partial charge in [0.05, 0.1) is 18.8 Å². The standard InChI is InChI=1S/C13H26N2O2/c1-16-12-3-2-4-13(11-12)17-10-9-15-7-5-14-6-8-15/h12-14H,2-11H2,1H3. The minimum absolute atomic E-state index is 0.424. The van der Waals surface area contributed by atoms with Crippen molar-refractivity contribution >= 4 is 0 Å². The van der Waals surface area contributed by atoms with Crippen molar-refractivity contribution in [3.8, 4) is 0 Å². The number of hydrogen-bond acceptors (Lipinski definition) is 4. The van der Waals surface area contributed by atoms with E-state index in [1.807, 2.05) is 7.11 Å². The van der Waals surface area contributed by atoms with Gasteiger partial charge in [-0.3, -0.25) is 4.90 Å². The van der Waals surface area contributed by atoms with Crippen LogP contribution in [0.15, 0.2) is 0 Å². The van der Waals surface area contributed by atoms with Crippen molar-refractivity contribution in [1.82, 2.24) is 10.2 Å². The Hall–Kier alpha value is -0.160. The second kappa shape index (κ2) is 7.31. The quantitative estimate of drug-likeness (QED) is 0.775. The molecule has 100 valence electrons. The summed E-state index contributed by atoms with van der Waals surface area (Å²) in [5.41, 5.74) is 0. The van der Waals surface area contributed by atoms with Gasteiger partial charge in [-0.05, 0) is 25.7 Å². The fourth-order valence-corrected chi connectivity index (χ4v) is 2.75. The van der Waals surface area contributed by atoms with Gasteiger partial charge < -0.3 is 14.8 Å². The number of piperazine rings is 1. The molecule has 17 heavy (non-hydrogen) atoms. The molecule has 1 aliphatic carbocycles.